The minimum atomic E-state index is -1.05. The molecule has 0 bridgehead atoms. The normalized spacial score (nSPS) is 13.8. The van der Waals surface area contributed by atoms with Gasteiger partial charge in [-0.1, -0.05) is 28.1 Å². The van der Waals surface area contributed by atoms with Crippen molar-refractivity contribution in [2.75, 3.05) is 7.05 Å². The molecule has 1 aromatic heterocycles. The number of aromatic nitrogens is 1. The molecule has 1 heterocycles. The van der Waals surface area contributed by atoms with Crippen molar-refractivity contribution in [3.8, 4) is 0 Å². The van der Waals surface area contributed by atoms with Gasteiger partial charge in [-0.2, -0.15) is 0 Å². The van der Waals surface area contributed by atoms with E-state index in [4.69, 9.17) is 5.73 Å². The maximum atomic E-state index is 12.6. The number of carbonyl (C=O) groups is 1. The summed E-state index contributed by atoms with van der Waals surface area (Å²) in [7, 11) is 1.77. The zero-order valence-corrected chi connectivity index (χ0v) is 14.7. The van der Waals surface area contributed by atoms with Crippen LogP contribution in [-0.2, 0) is 16.9 Å². The molecule has 1 amide bonds. The first-order valence-electron chi connectivity index (χ1n) is 6.52. The molecule has 0 spiro atoms. The van der Waals surface area contributed by atoms with Crippen molar-refractivity contribution >= 4 is 33.2 Å². The van der Waals surface area contributed by atoms with Crippen molar-refractivity contribution in [3.63, 3.8) is 0 Å². The third-order valence-electron chi connectivity index (χ3n) is 3.30. The fourth-order valence-electron chi connectivity index (χ4n) is 2.10. The molecule has 0 fully saturated rings. The number of likely N-dealkylation sites (N-methyl/N-ethyl adjacent to an activating group) is 1. The van der Waals surface area contributed by atoms with Gasteiger partial charge >= 0.3 is 0 Å². The van der Waals surface area contributed by atoms with E-state index in [-0.39, 0.29) is 5.91 Å². The first-order chi connectivity index (χ1) is 9.80. The molecule has 0 saturated heterocycles. The van der Waals surface area contributed by atoms with Crippen LogP contribution in [0.3, 0.4) is 0 Å². The summed E-state index contributed by atoms with van der Waals surface area (Å²) in [4.78, 5) is 19.5. The number of halogens is 1. The summed E-state index contributed by atoms with van der Waals surface area (Å²) in [5.74, 6) is -0.115. The lowest BCUT2D eigenvalue weighted by molar-refractivity contribution is -0.135. The molecule has 1 atom stereocenters. The molecule has 21 heavy (non-hydrogen) atoms. The molecule has 0 saturated carbocycles. The highest BCUT2D eigenvalue weighted by atomic mass is 79.9. The van der Waals surface area contributed by atoms with Gasteiger partial charge in [0.15, 0.2) is 0 Å². The molecule has 112 valence electrons. The maximum Gasteiger partial charge on any atom is 0.247 e. The predicted molar refractivity (Wildman–Crippen MR) is 89.0 cm³/mol. The van der Waals surface area contributed by atoms with Gasteiger partial charge in [0.1, 0.15) is 5.54 Å². The highest BCUT2D eigenvalue weighted by Crippen LogP contribution is 2.23. The van der Waals surface area contributed by atoms with Gasteiger partial charge < -0.3 is 10.6 Å². The molecule has 0 aliphatic carbocycles. The van der Waals surface area contributed by atoms with Crippen LogP contribution in [0, 0.1) is 6.92 Å². The van der Waals surface area contributed by atoms with Gasteiger partial charge in [-0.25, -0.2) is 4.98 Å². The second-order valence-electron chi connectivity index (χ2n) is 5.22. The molecule has 2 aromatic rings. The fraction of sp³-hybridized carbons (Fsp3) is 0.333. The summed E-state index contributed by atoms with van der Waals surface area (Å²) in [6.07, 6.45) is 1.80. The van der Waals surface area contributed by atoms with Crippen LogP contribution in [0.1, 0.15) is 22.4 Å². The third kappa shape index (κ3) is 3.70. The molecule has 2 rings (SSSR count). The quantitative estimate of drug-likeness (QED) is 0.903. The molecule has 2 N–H and O–H groups in total. The van der Waals surface area contributed by atoms with Crippen molar-refractivity contribution in [2.24, 2.45) is 5.73 Å². The van der Waals surface area contributed by atoms with E-state index in [1.807, 2.05) is 31.2 Å². The molecular formula is C15H18BrN3OS. The molecule has 1 unspecified atom stereocenters. The Balaban J connectivity index is 2.15. The maximum absolute atomic E-state index is 12.6. The number of nitrogens with zero attached hydrogens (tertiary/aromatic N) is 2. The SMILES string of the molecule is Cc1ncc(CN(C)C(=O)C(C)(N)c2ccc(Br)cc2)s1. The Morgan fingerprint density at radius 1 is 1.43 bits per heavy atom. The van der Waals surface area contributed by atoms with E-state index in [0.29, 0.717) is 6.54 Å². The second-order valence-corrected chi connectivity index (χ2v) is 7.45. The lowest BCUT2D eigenvalue weighted by atomic mass is 9.92. The highest BCUT2D eigenvalue weighted by Gasteiger charge is 2.33. The number of hydrogen-bond donors (Lipinski definition) is 1. The summed E-state index contributed by atoms with van der Waals surface area (Å²) >= 11 is 4.97. The number of nitrogens with two attached hydrogens (primary N) is 1. The monoisotopic (exact) mass is 367 g/mol. The Hall–Kier alpha value is -1.24. The molecule has 0 aliphatic rings. The average molecular weight is 368 g/mol. The van der Waals surface area contributed by atoms with E-state index in [0.717, 1.165) is 19.9 Å². The Morgan fingerprint density at radius 3 is 2.57 bits per heavy atom. The van der Waals surface area contributed by atoms with Crippen molar-refractivity contribution in [1.82, 2.24) is 9.88 Å². The van der Waals surface area contributed by atoms with Crippen LogP contribution in [-0.4, -0.2) is 22.8 Å². The van der Waals surface area contributed by atoms with Crippen molar-refractivity contribution in [1.29, 1.82) is 0 Å². The van der Waals surface area contributed by atoms with Crippen molar-refractivity contribution in [3.05, 3.63) is 50.4 Å². The van der Waals surface area contributed by atoms with E-state index >= 15 is 0 Å². The number of amides is 1. The zero-order valence-electron chi connectivity index (χ0n) is 12.3. The standard InChI is InChI=1S/C15H18BrN3OS/c1-10-18-8-13(21-10)9-19(3)14(20)15(2,17)11-4-6-12(16)7-5-11/h4-8H,9,17H2,1-3H3. The molecule has 0 radical (unpaired) electrons. The van der Waals surface area contributed by atoms with Gasteiger partial charge in [-0.15, -0.1) is 11.3 Å². The number of carbonyl (C=O) groups excluding carboxylic acids is 1. The summed E-state index contributed by atoms with van der Waals surface area (Å²) < 4.78 is 0.961. The first-order valence-corrected chi connectivity index (χ1v) is 8.13. The van der Waals surface area contributed by atoms with Gasteiger partial charge in [-0.05, 0) is 31.5 Å². The second kappa shape index (κ2) is 6.25. The van der Waals surface area contributed by atoms with Crippen LogP contribution in [0.4, 0.5) is 0 Å². The van der Waals surface area contributed by atoms with Gasteiger partial charge in [0, 0.05) is 22.6 Å². The van der Waals surface area contributed by atoms with Crippen LogP contribution in [0.2, 0.25) is 0 Å². The van der Waals surface area contributed by atoms with Gasteiger partial charge in [-0.3, -0.25) is 4.79 Å². The van der Waals surface area contributed by atoms with E-state index in [1.165, 1.54) is 0 Å². The van der Waals surface area contributed by atoms with Crippen LogP contribution >= 0.6 is 27.3 Å². The predicted octanol–water partition coefficient (Wildman–Crippen LogP) is 3.05. The van der Waals surface area contributed by atoms with Crippen LogP contribution < -0.4 is 5.73 Å². The van der Waals surface area contributed by atoms with Crippen LogP contribution in [0.5, 0.6) is 0 Å². The third-order valence-corrected chi connectivity index (χ3v) is 4.72. The Kier molecular flexibility index (Phi) is 4.81. The highest BCUT2D eigenvalue weighted by molar-refractivity contribution is 9.10. The molecule has 0 aliphatic heterocycles. The van der Waals surface area contributed by atoms with Crippen LogP contribution in [0.25, 0.3) is 0 Å². The lowest BCUT2D eigenvalue weighted by Crippen LogP contribution is -2.49. The Bertz CT molecular complexity index is 637. The first kappa shape index (κ1) is 16.1. The topological polar surface area (TPSA) is 59.2 Å². The number of benzene rings is 1. The van der Waals surface area contributed by atoms with E-state index < -0.39 is 5.54 Å². The Labute approximate surface area is 137 Å². The van der Waals surface area contributed by atoms with E-state index in [9.17, 15) is 4.79 Å². The summed E-state index contributed by atoms with van der Waals surface area (Å²) in [5.41, 5.74) is 6.02. The van der Waals surface area contributed by atoms with Crippen molar-refractivity contribution in [2.45, 2.75) is 25.9 Å². The van der Waals surface area contributed by atoms with Gasteiger partial charge in [0.05, 0.1) is 11.6 Å². The largest absolute Gasteiger partial charge is 0.339 e. The smallest absolute Gasteiger partial charge is 0.247 e. The van der Waals surface area contributed by atoms with Crippen molar-refractivity contribution < 1.29 is 4.79 Å². The number of aryl methyl sites for hydroxylation is 1. The zero-order chi connectivity index (χ0) is 15.6. The van der Waals surface area contributed by atoms with Gasteiger partial charge in [0.25, 0.3) is 0 Å². The molecule has 4 nitrogen and oxygen atoms in total. The Morgan fingerprint density at radius 2 is 2.05 bits per heavy atom. The molecule has 1 aromatic carbocycles. The minimum Gasteiger partial charge on any atom is -0.339 e. The summed E-state index contributed by atoms with van der Waals surface area (Å²) in [6.45, 7) is 4.21. The summed E-state index contributed by atoms with van der Waals surface area (Å²) in [6, 6.07) is 7.51. The summed E-state index contributed by atoms with van der Waals surface area (Å²) in [5, 5.41) is 0.995. The lowest BCUT2D eigenvalue weighted by Gasteiger charge is -2.29. The van der Waals surface area contributed by atoms with E-state index in [1.54, 1.807) is 36.4 Å². The number of thiazole rings is 1. The van der Waals surface area contributed by atoms with Crippen LogP contribution in [0.15, 0.2) is 34.9 Å². The number of rotatable bonds is 4. The molecular weight excluding hydrogens is 350 g/mol. The number of hydrogen-bond acceptors (Lipinski definition) is 4. The minimum absolute atomic E-state index is 0.115. The van der Waals surface area contributed by atoms with Gasteiger partial charge in [0.2, 0.25) is 5.91 Å². The fourth-order valence-corrected chi connectivity index (χ4v) is 3.21. The van der Waals surface area contributed by atoms with E-state index in [2.05, 4.69) is 20.9 Å². The molecule has 6 heteroatoms. The average Bonchev–Trinajstić information content (AvgIpc) is 2.83.